The van der Waals surface area contributed by atoms with Crippen molar-refractivity contribution in [2.75, 3.05) is 6.61 Å². The van der Waals surface area contributed by atoms with E-state index >= 15 is 0 Å². The van der Waals surface area contributed by atoms with Gasteiger partial charge in [-0.15, -0.1) is 0 Å². The fraction of sp³-hybridized carbons (Fsp3) is 0.875. The van der Waals surface area contributed by atoms with Crippen LogP contribution in [0.2, 0.25) is 0 Å². The third kappa shape index (κ3) is 8.20. The largest absolute Gasteiger partial charge is 0.394 e. The summed E-state index contributed by atoms with van der Waals surface area (Å²) in [6.45, 7) is 0.713. The highest BCUT2D eigenvalue weighted by Crippen LogP contribution is 2.19. The highest BCUT2D eigenvalue weighted by atomic mass is 32.3. The molecule has 1 aliphatic rings. The number of amides is 1. The summed E-state index contributed by atoms with van der Waals surface area (Å²) >= 11 is 0. The molecular weight excluding hydrogens is 316 g/mol. The van der Waals surface area contributed by atoms with Crippen LogP contribution in [0.5, 0.6) is 0 Å². The molecule has 0 spiro atoms. The lowest BCUT2D eigenvalue weighted by molar-refractivity contribution is -0.255. The first-order valence-electron chi connectivity index (χ1n) is 5.50. The minimum Gasteiger partial charge on any atom is -0.394 e. The number of hydrogen-bond donors (Lipinski definition) is 8. The topological polar surface area (TPSA) is 206 Å². The maximum absolute atomic E-state index is 10.6. The van der Waals surface area contributed by atoms with Gasteiger partial charge in [0.1, 0.15) is 24.4 Å². The molecule has 1 unspecified atom stereocenters. The molecule has 0 aromatic carbocycles. The number of hydrazine groups is 1. The number of aliphatic hydroxyl groups is 4. The lowest BCUT2D eigenvalue weighted by atomic mass is 9.98. The first kappa shape index (κ1) is 20.1. The highest BCUT2D eigenvalue weighted by Gasteiger charge is 2.43. The molecule has 126 valence electrons. The molecule has 1 heterocycles. The van der Waals surface area contributed by atoms with Crippen molar-refractivity contribution >= 4 is 16.3 Å². The summed E-state index contributed by atoms with van der Waals surface area (Å²) in [6.07, 6.45) is -5.21. The molecule has 1 amide bonds. The van der Waals surface area contributed by atoms with Crippen LogP contribution in [0.4, 0.5) is 0 Å². The second-order valence-corrected chi connectivity index (χ2v) is 4.92. The van der Waals surface area contributed by atoms with Crippen molar-refractivity contribution in [3.8, 4) is 0 Å². The van der Waals surface area contributed by atoms with E-state index in [1.54, 1.807) is 0 Å². The summed E-state index contributed by atoms with van der Waals surface area (Å²) in [5, 5.41) is 37.4. The minimum absolute atomic E-state index is 0.418. The van der Waals surface area contributed by atoms with Crippen molar-refractivity contribution in [3.63, 3.8) is 0 Å². The average molecular weight is 334 g/mol. The number of hydrogen-bond acceptors (Lipinski definition) is 9. The maximum atomic E-state index is 10.6. The van der Waals surface area contributed by atoms with Crippen LogP contribution in [0.25, 0.3) is 0 Å². The Morgan fingerprint density at radius 2 is 1.67 bits per heavy atom. The zero-order chi connectivity index (χ0) is 16.8. The molecule has 0 saturated carbocycles. The summed E-state index contributed by atoms with van der Waals surface area (Å²) in [6, 6.07) is -1.07. The monoisotopic (exact) mass is 334 g/mol. The molecule has 0 radical (unpaired) electrons. The third-order valence-electron chi connectivity index (χ3n) is 2.32. The van der Waals surface area contributed by atoms with E-state index in [9.17, 15) is 20.1 Å². The SMILES string of the molecule is CC(=O)NN[C@H]1C(O)O[C@H](CO)[C@H](O)[C@@H]1O.O=S(=O)(O)O. The van der Waals surface area contributed by atoms with Gasteiger partial charge in [0.05, 0.1) is 6.61 Å². The van der Waals surface area contributed by atoms with Crippen molar-refractivity contribution in [2.24, 2.45) is 0 Å². The average Bonchev–Trinajstić information content (AvgIpc) is 2.31. The van der Waals surface area contributed by atoms with Crippen molar-refractivity contribution in [1.29, 1.82) is 0 Å². The Hall–Kier alpha value is -0.900. The zero-order valence-electron chi connectivity index (χ0n) is 10.8. The van der Waals surface area contributed by atoms with E-state index in [2.05, 4.69) is 10.9 Å². The molecule has 0 bridgehead atoms. The second kappa shape index (κ2) is 8.52. The normalized spacial score (nSPS) is 32.8. The van der Waals surface area contributed by atoms with Crippen LogP contribution < -0.4 is 10.9 Å². The Kier molecular flexibility index (Phi) is 8.16. The summed E-state index contributed by atoms with van der Waals surface area (Å²) in [7, 11) is -4.67. The maximum Gasteiger partial charge on any atom is 0.394 e. The van der Waals surface area contributed by atoms with E-state index in [-0.39, 0.29) is 0 Å². The first-order valence-corrected chi connectivity index (χ1v) is 6.89. The molecule has 8 N–H and O–H groups in total. The molecule has 1 fully saturated rings. The fourth-order valence-electron chi connectivity index (χ4n) is 1.44. The molecule has 1 saturated heterocycles. The van der Waals surface area contributed by atoms with Gasteiger partial charge in [-0.25, -0.2) is 5.43 Å². The highest BCUT2D eigenvalue weighted by molar-refractivity contribution is 7.79. The quantitative estimate of drug-likeness (QED) is 0.183. The van der Waals surface area contributed by atoms with Crippen LogP contribution in [-0.2, 0) is 19.9 Å². The molecule has 1 rings (SSSR count). The summed E-state index contributed by atoms with van der Waals surface area (Å²) in [5.74, 6) is -0.418. The standard InChI is InChI=1S/C8H16N2O6.H2O4S/c1-3(12)9-10-5-7(14)6(13)4(2-11)16-8(5)15;1-5(2,3)4/h4-8,10-11,13-15H,2H2,1H3,(H,9,12);(H2,1,2,3,4)/t4-,5-,6+,7-,8?;/m1./s1. The van der Waals surface area contributed by atoms with Gasteiger partial charge in [0.15, 0.2) is 6.29 Å². The Labute approximate surface area is 119 Å². The number of nitrogens with one attached hydrogen (secondary N) is 2. The Bertz CT molecular complexity index is 421. The van der Waals surface area contributed by atoms with Crippen LogP contribution in [0.3, 0.4) is 0 Å². The summed E-state index contributed by atoms with van der Waals surface area (Å²) in [5.41, 5.74) is 4.50. The molecule has 1 aliphatic heterocycles. The lowest BCUT2D eigenvalue weighted by Crippen LogP contribution is -2.65. The van der Waals surface area contributed by atoms with Gasteiger partial charge in [0, 0.05) is 6.92 Å². The molecule has 13 heteroatoms. The van der Waals surface area contributed by atoms with Gasteiger partial charge in [-0.2, -0.15) is 8.42 Å². The van der Waals surface area contributed by atoms with Crippen LogP contribution in [0.15, 0.2) is 0 Å². The Morgan fingerprint density at radius 3 is 2.05 bits per heavy atom. The number of carbonyl (C=O) groups excluding carboxylic acids is 1. The van der Waals surface area contributed by atoms with Crippen LogP contribution in [-0.4, -0.2) is 81.1 Å². The Balaban J connectivity index is 0.000000690. The second-order valence-electron chi connectivity index (χ2n) is 4.03. The lowest BCUT2D eigenvalue weighted by Gasteiger charge is -2.40. The third-order valence-corrected chi connectivity index (χ3v) is 2.32. The molecule has 0 aromatic heterocycles. The number of rotatable bonds is 3. The fourth-order valence-corrected chi connectivity index (χ4v) is 1.44. The van der Waals surface area contributed by atoms with E-state index in [0.717, 1.165) is 0 Å². The van der Waals surface area contributed by atoms with Gasteiger partial charge < -0.3 is 25.2 Å². The Morgan fingerprint density at radius 1 is 1.19 bits per heavy atom. The van der Waals surface area contributed by atoms with E-state index < -0.39 is 53.6 Å². The molecule has 12 nitrogen and oxygen atoms in total. The van der Waals surface area contributed by atoms with Gasteiger partial charge in [0.25, 0.3) is 0 Å². The predicted octanol–water partition coefficient (Wildman–Crippen LogP) is -4.23. The molecule has 0 aliphatic carbocycles. The minimum atomic E-state index is -4.67. The van der Waals surface area contributed by atoms with E-state index in [0.29, 0.717) is 0 Å². The summed E-state index contributed by atoms with van der Waals surface area (Å²) in [4.78, 5) is 10.6. The van der Waals surface area contributed by atoms with Gasteiger partial charge in [-0.05, 0) is 0 Å². The van der Waals surface area contributed by atoms with Crippen molar-refractivity contribution in [3.05, 3.63) is 0 Å². The van der Waals surface area contributed by atoms with Crippen LogP contribution in [0, 0.1) is 0 Å². The van der Waals surface area contributed by atoms with Crippen molar-refractivity contribution in [2.45, 2.75) is 37.6 Å². The van der Waals surface area contributed by atoms with Gasteiger partial charge in [-0.1, -0.05) is 0 Å². The smallest absolute Gasteiger partial charge is 0.394 e. The molecular formula is C8H18N2O10S. The van der Waals surface area contributed by atoms with Crippen molar-refractivity contribution in [1.82, 2.24) is 10.9 Å². The van der Waals surface area contributed by atoms with Gasteiger partial charge in [0.2, 0.25) is 5.91 Å². The number of ether oxygens (including phenoxy) is 1. The van der Waals surface area contributed by atoms with E-state index in [4.69, 9.17) is 27.4 Å². The summed E-state index contributed by atoms with van der Waals surface area (Å²) < 4.78 is 36.4. The predicted molar refractivity (Wildman–Crippen MR) is 64.9 cm³/mol. The van der Waals surface area contributed by atoms with Crippen molar-refractivity contribution < 1.29 is 47.5 Å². The number of carbonyl (C=O) groups is 1. The van der Waals surface area contributed by atoms with Gasteiger partial charge in [-0.3, -0.25) is 19.3 Å². The molecule has 0 aromatic rings. The van der Waals surface area contributed by atoms with Crippen LogP contribution in [0.1, 0.15) is 6.92 Å². The van der Waals surface area contributed by atoms with Gasteiger partial charge >= 0.3 is 10.4 Å². The first-order chi connectivity index (χ1) is 9.47. The van der Waals surface area contributed by atoms with E-state index in [1.807, 2.05) is 0 Å². The zero-order valence-corrected chi connectivity index (χ0v) is 11.6. The van der Waals surface area contributed by atoms with E-state index in [1.165, 1.54) is 6.92 Å². The molecule has 5 atom stereocenters. The number of aliphatic hydroxyl groups excluding tert-OH is 4. The van der Waals surface area contributed by atoms with Crippen LogP contribution >= 0.6 is 0 Å². The molecule has 21 heavy (non-hydrogen) atoms.